The Balaban J connectivity index is 0.000000405. The van der Waals surface area contributed by atoms with Gasteiger partial charge in [-0.05, 0) is 18.2 Å². The highest BCUT2D eigenvalue weighted by Crippen LogP contribution is 2.32. The molecule has 1 atom stereocenters. The molecule has 0 radical (unpaired) electrons. The van der Waals surface area contributed by atoms with Crippen molar-refractivity contribution in [2.24, 2.45) is 0 Å². The minimum atomic E-state index is -5.08. The lowest BCUT2D eigenvalue weighted by Crippen LogP contribution is -2.55. The molecule has 37 heavy (non-hydrogen) atoms. The Bertz CT molecular complexity index is 1410. The Labute approximate surface area is 204 Å². The number of carboxylic acids is 1. The van der Waals surface area contributed by atoms with Crippen LogP contribution in [0.3, 0.4) is 0 Å². The van der Waals surface area contributed by atoms with E-state index in [4.69, 9.17) is 14.6 Å². The average molecular weight is 523 g/mol. The SMILES string of the molecule is O=C(O)C(F)(F)F.O=C(c1cc2nccnc2[nH]1)N1CCC(F)(F)[C@@H](Oc2ccc3ccccc3n2)C1. The van der Waals surface area contributed by atoms with Crippen LogP contribution in [0.1, 0.15) is 16.9 Å². The molecule has 1 aliphatic heterocycles. The van der Waals surface area contributed by atoms with Crippen LogP contribution >= 0.6 is 0 Å². The third kappa shape index (κ3) is 5.90. The van der Waals surface area contributed by atoms with E-state index in [0.717, 1.165) is 5.39 Å². The summed E-state index contributed by atoms with van der Waals surface area (Å²) in [4.78, 5) is 38.6. The molecule has 0 unspecified atom stereocenters. The van der Waals surface area contributed by atoms with Gasteiger partial charge in [-0.25, -0.2) is 23.5 Å². The van der Waals surface area contributed by atoms with E-state index in [2.05, 4.69) is 19.9 Å². The van der Waals surface area contributed by atoms with Gasteiger partial charge in [-0.15, -0.1) is 0 Å². The van der Waals surface area contributed by atoms with Crippen molar-refractivity contribution in [2.45, 2.75) is 24.6 Å². The Morgan fingerprint density at radius 1 is 1.08 bits per heavy atom. The Morgan fingerprint density at radius 3 is 2.49 bits per heavy atom. The van der Waals surface area contributed by atoms with Gasteiger partial charge in [-0.1, -0.05) is 18.2 Å². The third-order valence-electron chi connectivity index (χ3n) is 5.43. The number of carbonyl (C=O) groups excluding carboxylic acids is 1. The van der Waals surface area contributed by atoms with Crippen LogP contribution in [0.5, 0.6) is 5.88 Å². The van der Waals surface area contributed by atoms with Gasteiger partial charge in [0, 0.05) is 36.8 Å². The molecular weight excluding hydrogens is 505 g/mol. The molecule has 194 valence electrons. The van der Waals surface area contributed by atoms with E-state index in [1.807, 2.05) is 18.2 Å². The highest BCUT2D eigenvalue weighted by molar-refractivity contribution is 5.96. The number of rotatable bonds is 3. The van der Waals surface area contributed by atoms with E-state index in [-0.39, 0.29) is 24.7 Å². The summed E-state index contributed by atoms with van der Waals surface area (Å²) >= 11 is 0. The first-order valence-electron chi connectivity index (χ1n) is 10.7. The van der Waals surface area contributed by atoms with Gasteiger partial charge in [0.2, 0.25) is 5.88 Å². The van der Waals surface area contributed by atoms with Crippen LogP contribution in [0, 0.1) is 0 Å². The zero-order valence-corrected chi connectivity index (χ0v) is 18.7. The number of piperidine rings is 1. The molecule has 3 aromatic heterocycles. The van der Waals surface area contributed by atoms with Crippen molar-refractivity contribution in [3.05, 3.63) is 60.6 Å². The molecule has 1 aliphatic rings. The summed E-state index contributed by atoms with van der Waals surface area (Å²) in [5.41, 5.74) is 1.91. The number of nitrogens with one attached hydrogen (secondary N) is 1. The highest BCUT2D eigenvalue weighted by atomic mass is 19.4. The van der Waals surface area contributed by atoms with E-state index in [9.17, 15) is 26.7 Å². The number of carboxylic acid groups (broad SMARTS) is 1. The summed E-state index contributed by atoms with van der Waals surface area (Å²) in [6.07, 6.45) is -4.04. The maximum Gasteiger partial charge on any atom is 0.490 e. The first-order valence-corrected chi connectivity index (χ1v) is 10.7. The number of amides is 1. The number of nitrogens with zero attached hydrogens (tertiary/aromatic N) is 4. The number of hydrogen-bond donors (Lipinski definition) is 2. The highest BCUT2D eigenvalue weighted by Gasteiger charge is 2.47. The van der Waals surface area contributed by atoms with Gasteiger partial charge >= 0.3 is 12.1 Å². The number of alkyl halides is 5. The van der Waals surface area contributed by atoms with E-state index >= 15 is 0 Å². The summed E-state index contributed by atoms with van der Waals surface area (Å²) in [6.45, 7) is -0.330. The normalized spacial score (nSPS) is 17.2. The quantitative estimate of drug-likeness (QED) is 0.389. The van der Waals surface area contributed by atoms with Crippen molar-refractivity contribution in [3.8, 4) is 5.88 Å². The molecule has 14 heteroatoms. The first kappa shape index (κ1) is 25.7. The van der Waals surface area contributed by atoms with Gasteiger partial charge in [0.1, 0.15) is 11.2 Å². The number of pyridine rings is 1. The van der Waals surface area contributed by atoms with Gasteiger partial charge in [0.05, 0.1) is 12.1 Å². The number of aliphatic carboxylic acids is 1. The number of carbonyl (C=O) groups is 2. The number of aromatic nitrogens is 4. The van der Waals surface area contributed by atoms with E-state index < -0.39 is 36.5 Å². The summed E-state index contributed by atoms with van der Waals surface area (Å²) in [5, 5.41) is 8.01. The fourth-order valence-electron chi connectivity index (χ4n) is 3.57. The molecule has 2 N–H and O–H groups in total. The molecule has 0 spiro atoms. The number of halogens is 5. The van der Waals surface area contributed by atoms with E-state index in [0.29, 0.717) is 16.7 Å². The van der Waals surface area contributed by atoms with Crippen molar-refractivity contribution < 1.29 is 41.4 Å². The Hall–Kier alpha value is -4.36. The molecule has 0 saturated carbocycles. The molecular formula is C23H18F5N5O4. The molecule has 0 bridgehead atoms. The maximum atomic E-state index is 14.6. The summed E-state index contributed by atoms with van der Waals surface area (Å²) < 4.78 is 66.4. The molecule has 1 aromatic carbocycles. The van der Waals surface area contributed by atoms with Crippen LogP contribution in [0.4, 0.5) is 22.0 Å². The van der Waals surface area contributed by atoms with Crippen LogP contribution in [-0.2, 0) is 4.79 Å². The molecule has 9 nitrogen and oxygen atoms in total. The van der Waals surface area contributed by atoms with Crippen LogP contribution < -0.4 is 4.74 Å². The predicted octanol–water partition coefficient (Wildman–Crippen LogP) is 4.07. The maximum absolute atomic E-state index is 14.6. The fraction of sp³-hybridized carbons (Fsp3) is 0.261. The summed E-state index contributed by atoms with van der Waals surface area (Å²) in [7, 11) is 0. The molecule has 1 fully saturated rings. The molecule has 4 heterocycles. The van der Waals surface area contributed by atoms with Gasteiger partial charge in [-0.2, -0.15) is 13.2 Å². The van der Waals surface area contributed by atoms with Gasteiger partial charge in [0.25, 0.3) is 11.8 Å². The number of likely N-dealkylation sites (tertiary alicyclic amines) is 1. The lowest BCUT2D eigenvalue weighted by molar-refractivity contribution is -0.192. The molecule has 1 amide bonds. The molecule has 1 saturated heterocycles. The largest absolute Gasteiger partial charge is 0.490 e. The zero-order valence-electron chi connectivity index (χ0n) is 18.7. The second-order valence-corrected chi connectivity index (χ2v) is 7.99. The fourth-order valence-corrected chi connectivity index (χ4v) is 3.57. The van der Waals surface area contributed by atoms with Crippen molar-refractivity contribution >= 4 is 33.9 Å². The minimum Gasteiger partial charge on any atom is -0.475 e. The number of H-pyrrole nitrogens is 1. The summed E-state index contributed by atoms with van der Waals surface area (Å²) in [6, 6.07) is 12.3. The van der Waals surface area contributed by atoms with Crippen molar-refractivity contribution in [3.63, 3.8) is 0 Å². The van der Waals surface area contributed by atoms with Crippen molar-refractivity contribution in [2.75, 3.05) is 13.1 Å². The first-order chi connectivity index (χ1) is 17.4. The standard InChI is InChI=1S/C21H17F2N5O2.C2HF3O2/c22-21(23)7-10-28(20(29)16-11-15-19(27-16)25-9-8-24-15)12-17(21)30-18-6-5-13-3-1-2-4-14(13)26-18;3-2(4,5)1(6)7/h1-6,8-9,11,17H,7,10,12H2,(H,25,27);(H,6,7)/t17-;/m0./s1. The van der Waals surface area contributed by atoms with Crippen LogP contribution in [0.25, 0.3) is 22.1 Å². The number of benzene rings is 1. The Kier molecular flexibility index (Phi) is 6.92. The lowest BCUT2D eigenvalue weighted by atomic mass is 10.0. The van der Waals surface area contributed by atoms with Crippen LogP contribution in [0.2, 0.25) is 0 Å². The second kappa shape index (κ2) is 9.95. The number of ether oxygens (including phenoxy) is 1. The van der Waals surface area contributed by atoms with Gasteiger partial charge < -0.3 is 19.7 Å². The van der Waals surface area contributed by atoms with Gasteiger partial charge in [-0.3, -0.25) is 9.78 Å². The Morgan fingerprint density at radius 2 is 1.78 bits per heavy atom. The van der Waals surface area contributed by atoms with E-state index in [1.165, 1.54) is 17.3 Å². The minimum absolute atomic E-state index is 0.0763. The molecule has 4 aromatic rings. The lowest BCUT2D eigenvalue weighted by Gasteiger charge is -2.37. The predicted molar refractivity (Wildman–Crippen MR) is 119 cm³/mol. The van der Waals surface area contributed by atoms with Crippen LogP contribution in [-0.4, -0.2) is 73.1 Å². The summed E-state index contributed by atoms with van der Waals surface area (Å²) in [5.74, 6) is -6.13. The number of hydrogen-bond acceptors (Lipinski definition) is 6. The molecule has 5 rings (SSSR count). The number of aromatic amines is 1. The van der Waals surface area contributed by atoms with Crippen molar-refractivity contribution in [1.29, 1.82) is 0 Å². The monoisotopic (exact) mass is 523 g/mol. The third-order valence-corrected chi connectivity index (χ3v) is 5.43. The smallest absolute Gasteiger partial charge is 0.475 e. The van der Waals surface area contributed by atoms with Crippen molar-refractivity contribution in [1.82, 2.24) is 24.8 Å². The molecule has 0 aliphatic carbocycles. The zero-order chi connectivity index (χ0) is 26.8. The average Bonchev–Trinajstić information content (AvgIpc) is 3.29. The van der Waals surface area contributed by atoms with Gasteiger partial charge in [0.15, 0.2) is 11.8 Å². The topological polar surface area (TPSA) is 121 Å². The second-order valence-electron chi connectivity index (χ2n) is 7.99. The number of para-hydroxylation sites is 1. The van der Waals surface area contributed by atoms with E-state index in [1.54, 1.807) is 24.3 Å². The van der Waals surface area contributed by atoms with Crippen LogP contribution in [0.15, 0.2) is 54.9 Å². The number of fused-ring (bicyclic) bond motifs is 2.